The van der Waals surface area contributed by atoms with Crippen LogP contribution >= 0.6 is 69.6 Å². The van der Waals surface area contributed by atoms with E-state index in [2.05, 4.69) is 79.9 Å². The minimum absolute atomic E-state index is 0.0740. The number of carbonyl (C=O) groups is 9. The zero-order valence-electron chi connectivity index (χ0n) is 71.9. The summed E-state index contributed by atoms with van der Waals surface area (Å²) in [6.07, 6.45) is 20.7. The predicted molar refractivity (Wildman–Crippen MR) is 474 cm³/mol. The number of amides is 6. The molecule has 24 nitrogen and oxygen atoms in total. The van der Waals surface area contributed by atoms with Crippen LogP contribution in [0.15, 0.2) is 91.4 Å². The van der Waals surface area contributed by atoms with E-state index in [1.54, 1.807) is 73.2 Å². The molecule has 3 saturated heterocycles. The monoisotopic (exact) mass is 1870 g/mol. The van der Waals surface area contributed by atoms with Crippen LogP contribution in [0.2, 0.25) is 30.5 Å². The summed E-state index contributed by atoms with van der Waals surface area (Å²) in [7, 11) is 3.76. The van der Waals surface area contributed by atoms with Gasteiger partial charge in [0.15, 0.2) is 0 Å². The highest BCUT2D eigenvalue weighted by molar-refractivity contribution is 6.32. The number of fused-ring (bicyclic) bond motifs is 18. The summed E-state index contributed by atoms with van der Waals surface area (Å²) in [6, 6.07) is 16.2. The number of hydrogen-bond acceptors (Lipinski definition) is 15. The highest BCUT2D eigenvalue weighted by atomic mass is 35.5. The predicted octanol–water partition coefficient (Wildman–Crippen LogP) is 16.8. The van der Waals surface area contributed by atoms with Crippen molar-refractivity contribution in [2.45, 2.75) is 286 Å². The Morgan fingerprint density at radius 2 is 0.711 bits per heavy atom. The molecule has 18 aliphatic rings. The number of carbonyl (C=O) groups excluding carboxylic acids is 6. The third-order valence-corrected chi connectivity index (χ3v) is 36.2. The van der Waals surface area contributed by atoms with E-state index in [1.807, 2.05) is 23.9 Å². The molecular formula is C95H103Cl6F3N12O12. The number of benzene rings is 3. The Morgan fingerprint density at radius 1 is 0.406 bits per heavy atom. The molecule has 0 unspecified atom stereocenters. The first-order valence-electron chi connectivity index (χ1n) is 44.6. The van der Waals surface area contributed by atoms with Crippen molar-refractivity contribution in [2.24, 2.45) is 27.1 Å². The number of likely N-dealkylation sites (N-methyl/N-ethyl adjacent to an activating group) is 2. The van der Waals surface area contributed by atoms with Crippen LogP contribution in [0.25, 0.3) is 0 Å². The Balaban J connectivity index is 0.000000125. The van der Waals surface area contributed by atoms with Crippen LogP contribution in [-0.2, 0) is 59.4 Å². The lowest BCUT2D eigenvalue weighted by atomic mass is 9.46. The number of aromatic nitrogens is 3. The lowest BCUT2D eigenvalue weighted by Gasteiger charge is -2.61. The standard InChI is InChI=1S/2C32H35Cl2FN4O4.C31H33Cl2FN4O4/c1-28(2)15-31(16-28)32(18-14-36-21(34)13-20(18)37-26(32)41)22(17-5-4-6-19(33)23(17)35)24(39(31)3)25(40)38-30-10-7-29(8-11-30,9-12-30)27(42)43;1-39-25(26(40)38-30-13-10-29(11-14-30,12-15-30)28(42)43)23(18-6-5-7-20(33)24(18)35)32(31(39)8-3-2-4-9-31)19-17-36-22(34)16-21(19)37-27(32)41;1-27(2)14-30(15-27)31(17-13-35-20(33)12-19(17)36-25(31)40)21(16-4-3-5-18(32)22(16)34)23(37-30)24(39)38-29-9-6-28(7-10-29,8-11-29)26(41)42/h4-6,13-14,22,24H,7-12,15-16H2,1-3H3,(H,37,41)(H,38,40)(H,42,43);5-7,16-17,23,25H,2-4,8-15H2,1H3,(H,37,41)(H,38,40)(H,42,43);3-5,12-13,21,23,37H,6-11,14-15H2,1-2H3,(H,36,40)(H,38,39)(H,41,42)/t22-,24+,29?,30?,32+;23-,25+,29?,30?,32+;21-,23+,28?,29?,31+/m000/s1. The van der Waals surface area contributed by atoms with E-state index in [1.165, 1.54) is 18.2 Å². The molecule has 9 atom stereocenters. The molecule has 33 heteroatoms. The van der Waals surface area contributed by atoms with E-state index in [0.717, 1.165) is 19.3 Å². The van der Waals surface area contributed by atoms with Crippen LogP contribution < -0.4 is 37.2 Å². The molecule has 6 bridgehead atoms. The molecule has 12 saturated carbocycles. The highest BCUT2D eigenvalue weighted by Crippen LogP contribution is 2.74. The Kier molecular flexibility index (Phi) is 21.1. The summed E-state index contributed by atoms with van der Waals surface area (Å²) in [6.45, 7) is 8.49. The molecule has 6 spiro atoms. The number of pyridine rings is 3. The largest absolute Gasteiger partial charge is 0.481 e. The summed E-state index contributed by atoms with van der Waals surface area (Å²) in [5, 5.41) is 52.7. The number of nitrogens with one attached hydrogen (secondary N) is 7. The van der Waals surface area contributed by atoms with Gasteiger partial charge in [-0.3, -0.25) is 58.3 Å². The molecule has 24 rings (SSSR count). The number of hydrogen-bond donors (Lipinski definition) is 10. The fourth-order valence-corrected chi connectivity index (χ4v) is 29.9. The minimum Gasteiger partial charge on any atom is -0.481 e. The fourth-order valence-electron chi connectivity index (χ4n) is 28.9. The summed E-state index contributed by atoms with van der Waals surface area (Å²) in [5.41, 5.74) is -6.63. The van der Waals surface area contributed by atoms with Gasteiger partial charge in [0.2, 0.25) is 35.4 Å². The fraction of sp³-hybridized carbons (Fsp3) is 0.558. The zero-order chi connectivity index (χ0) is 91.0. The van der Waals surface area contributed by atoms with Crippen molar-refractivity contribution in [2.75, 3.05) is 30.0 Å². The van der Waals surface area contributed by atoms with Gasteiger partial charge < -0.3 is 47.2 Å². The second-order valence-electron chi connectivity index (χ2n) is 41.8. The number of anilines is 3. The number of nitrogens with zero attached hydrogens (tertiary/aromatic N) is 5. The van der Waals surface area contributed by atoms with E-state index in [9.17, 15) is 58.5 Å². The number of halogens is 9. The minimum atomic E-state index is -1.36. The third-order valence-electron chi connectivity index (χ3n) is 34.7. The molecular weight excluding hydrogens is 1770 g/mol. The lowest BCUT2D eigenvalue weighted by molar-refractivity contribution is -0.158. The summed E-state index contributed by atoms with van der Waals surface area (Å²) in [4.78, 5) is 141. The summed E-state index contributed by atoms with van der Waals surface area (Å²) < 4.78 is 48.4. The van der Waals surface area contributed by atoms with E-state index in [-0.39, 0.29) is 93.5 Å². The molecule has 128 heavy (non-hydrogen) atoms. The van der Waals surface area contributed by atoms with Crippen molar-refractivity contribution in [3.05, 3.63) is 173 Å². The molecule has 12 aliphatic carbocycles. The zero-order valence-corrected chi connectivity index (χ0v) is 76.4. The van der Waals surface area contributed by atoms with E-state index >= 15 is 13.2 Å². The Hall–Kier alpha value is -8.25. The lowest BCUT2D eigenvalue weighted by Crippen LogP contribution is -2.68. The maximum atomic E-state index is 16.2. The third kappa shape index (κ3) is 12.6. The molecule has 15 fully saturated rings. The molecule has 0 radical (unpaired) electrons. The molecule has 3 aromatic carbocycles. The second kappa shape index (κ2) is 30.4. The highest BCUT2D eigenvalue weighted by Gasteiger charge is 2.82. The Bertz CT molecular complexity index is 5710. The van der Waals surface area contributed by atoms with Crippen LogP contribution in [-0.4, -0.2) is 159 Å². The molecule has 6 aromatic rings. The molecule has 6 aliphatic heterocycles. The topological polar surface area (TPSA) is 344 Å². The van der Waals surface area contributed by atoms with Gasteiger partial charge in [-0.15, -0.1) is 0 Å². The smallest absolute Gasteiger partial charge is 0.309 e. The molecule has 6 amide bonds. The van der Waals surface area contributed by atoms with Crippen LogP contribution in [0.3, 0.4) is 0 Å². The van der Waals surface area contributed by atoms with Gasteiger partial charge in [-0.05, 0) is 232 Å². The average Bonchev–Trinajstić information content (AvgIpc) is 1.49. The number of carboxylic acids is 3. The van der Waals surface area contributed by atoms with Crippen LogP contribution in [0, 0.1) is 44.5 Å². The van der Waals surface area contributed by atoms with Gasteiger partial charge in [-0.2, -0.15) is 0 Å². The van der Waals surface area contributed by atoms with E-state index < -0.39 is 137 Å². The van der Waals surface area contributed by atoms with E-state index in [4.69, 9.17) is 69.6 Å². The van der Waals surface area contributed by atoms with Crippen molar-refractivity contribution in [1.82, 2.24) is 46.0 Å². The number of likely N-dealkylation sites (tertiary alicyclic amines) is 2. The summed E-state index contributed by atoms with van der Waals surface area (Å²) in [5.74, 6) is -8.89. The van der Waals surface area contributed by atoms with Crippen molar-refractivity contribution in [1.29, 1.82) is 0 Å². The molecule has 678 valence electrons. The van der Waals surface area contributed by atoms with Crippen molar-refractivity contribution in [3.8, 4) is 0 Å². The first-order valence-corrected chi connectivity index (χ1v) is 46.9. The van der Waals surface area contributed by atoms with Gasteiger partial charge in [0.25, 0.3) is 0 Å². The Labute approximate surface area is 768 Å². The Morgan fingerprint density at radius 3 is 1.05 bits per heavy atom. The van der Waals surface area contributed by atoms with Gasteiger partial charge in [0.05, 0.1) is 49.4 Å². The van der Waals surface area contributed by atoms with Crippen molar-refractivity contribution >= 4 is 140 Å². The average molecular weight is 1870 g/mol. The van der Waals surface area contributed by atoms with E-state index in [0.29, 0.717) is 188 Å². The van der Waals surface area contributed by atoms with Gasteiger partial charge >= 0.3 is 17.9 Å². The van der Waals surface area contributed by atoms with Gasteiger partial charge in [0.1, 0.15) is 49.2 Å². The second-order valence-corrected chi connectivity index (χ2v) is 44.2. The van der Waals surface area contributed by atoms with Gasteiger partial charge in [-0.1, -0.05) is 153 Å². The number of aliphatic carboxylic acids is 3. The molecule has 10 N–H and O–H groups in total. The number of carboxylic acid groups (broad SMARTS) is 3. The first-order chi connectivity index (χ1) is 60.5. The van der Waals surface area contributed by atoms with Crippen molar-refractivity contribution < 1.29 is 71.6 Å². The summed E-state index contributed by atoms with van der Waals surface area (Å²) >= 11 is 37.8. The SMILES string of the molecule is CC1(C)CC2(C1)N[C@@H](C(=O)NC13CCC(C(=O)O)(CC1)CC3)[C@H](c1cccc(Cl)c1F)[C@]21C(=O)Nc2cc(Cl)ncc21.CN1[C@@H](C(=O)NC23CCC(C(=O)O)(CC2)CC3)[C@H](c2cccc(Cl)c2F)[C@]2(C(=O)Nc3cc(Cl)ncc32)C12CC(C)(C)C2.CN1[C@@H](C(=O)NC23CCC(C(=O)O)(CC2)CC3)[C@H](c2cccc(Cl)c2F)[C@]2(C(=O)Nc3cc(Cl)ncc32)C12CCCCC2. The molecule has 3 aromatic heterocycles. The van der Waals surface area contributed by atoms with Crippen LogP contribution in [0.5, 0.6) is 0 Å². The van der Waals surface area contributed by atoms with Crippen molar-refractivity contribution in [3.63, 3.8) is 0 Å². The molecule has 9 heterocycles. The maximum Gasteiger partial charge on any atom is 0.309 e. The quantitative estimate of drug-likeness (QED) is 0.0509. The van der Waals surface area contributed by atoms with Crippen LogP contribution in [0.1, 0.15) is 252 Å². The maximum absolute atomic E-state index is 16.2. The van der Waals surface area contributed by atoms with Gasteiger partial charge in [0, 0.05) is 103 Å². The number of rotatable bonds is 12. The van der Waals surface area contributed by atoms with Gasteiger partial charge in [-0.25, -0.2) is 28.1 Å². The van der Waals surface area contributed by atoms with Crippen LogP contribution in [0.4, 0.5) is 30.2 Å². The normalized spacial score (nSPS) is 34.9. The first kappa shape index (κ1) is 89.0.